The molecule has 3 heterocycles. The molecule has 0 saturated carbocycles. The number of pyridine rings is 3. The summed E-state index contributed by atoms with van der Waals surface area (Å²) < 4.78 is 37.8. The fourth-order valence-corrected chi connectivity index (χ4v) is 2.48. The first-order chi connectivity index (χ1) is 11.8. The van der Waals surface area contributed by atoms with Crippen LogP contribution in [0.25, 0.3) is 10.8 Å². The van der Waals surface area contributed by atoms with Crippen LogP contribution in [0.2, 0.25) is 0 Å². The number of nitrogens with one attached hydrogen (secondary N) is 2. The van der Waals surface area contributed by atoms with E-state index in [1.165, 1.54) is 0 Å². The molecule has 25 heavy (non-hydrogen) atoms. The van der Waals surface area contributed by atoms with Gasteiger partial charge in [0, 0.05) is 23.5 Å². The third-order valence-corrected chi connectivity index (χ3v) is 3.56. The molecular weight excluding hydrogens is 331 g/mol. The summed E-state index contributed by atoms with van der Waals surface area (Å²) in [5.74, 6) is 1.11. The fourth-order valence-electron chi connectivity index (χ4n) is 2.48. The first-order valence-electron chi connectivity index (χ1n) is 7.58. The van der Waals surface area contributed by atoms with E-state index in [0.717, 1.165) is 10.9 Å². The van der Waals surface area contributed by atoms with Crippen LogP contribution in [0.1, 0.15) is 11.3 Å². The Morgan fingerprint density at radius 3 is 2.48 bits per heavy atom. The Morgan fingerprint density at radius 2 is 1.76 bits per heavy atom. The summed E-state index contributed by atoms with van der Waals surface area (Å²) in [6, 6.07) is 7.17. The second-order valence-corrected chi connectivity index (χ2v) is 5.66. The van der Waals surface area contributed by atoms with Gasteiger partial charge < -0.3 is 10.6 Å². The van der Waals surface area contributed by atoms with Gasteiger partial charge in [-0.1, -0.05) is 0 Å². The zero-order chi connectivity index (χ0) is 18.0. The van der Waals surface area contributed by atoms with E-state index >= 15 is 0 Å². The Balaban J connectivity index is 2.02. The van der Waals surface area contributed by atoms with Gasteiger partial charge in [0.2, 0.25) is 0 Å². The van der Waals surface area contributed by atoms with Crippen molar-refractivity contribution in [1.29, 1.82) is 0 Å². The smallest absolute Gasteiger partial charge is 0.361 e. The molecule has 0 amide bonds. The van der Waals surface area contributed by atoms with Crippen molar-refractivity contribution in [3.8, 4) is 0 Å². The molecule has 2 N–H and O–H groups in total. The number of aryl methyl sites for hydroxylation is 2. The van der Waals surface area contributed by atoms with Gasteiger partial charge in [-0.05, 0) is 49.1 Å². The zero-order valence-corrected chi connectivity index (χ0v) is 13.6. The average molecular weight is 347 g/mol. The van der Waals surface area contributed by atoms with Crippen LogP contribution < -0.4 is 10.6 Å². The summed E-state index contributed by atoms with van der Waals surface area (Å²) in [6.07, 6.45) is -1.08. The molecule has 3 aromatic rings. The fraction of sp³-hybridized carbons (Fsp3) is 0.235. The van der Waals surface area contributed by atoms with Crippen LogP contribution in [0.5, 0.6) is 0 Å². The van der Waals surface area contributed by atoms with Crippen LogP contribution in [0.4, 0.5) is 30.6 Å². The van der Waals surface area contributed by atoms with E-state index in [1.807, 2.05) is 19.1 Å². The largest absolute Gasteiger partial charge is 0.405 e. The van der Waals surface area contributed by atoms with Crippen molar-refractivity contribution in [2.24, 2.45) is 0 Å². The van der Waals surface area contributed by atoms with Crippen LogP contribution in [-0.2, 0) is 0 Å². The van der Waals surface area contributed by atoms with Crippen molar-refractivity contribution in [2.75, 3.05) is 17.2 Å². The van der Waals surface area contributed by atoms with E-state index in [9.17, 15) is 13.2 Å². The SMILES string of the molecule is Cc1ccnc(Nc2cc3ccnc(C)c3c(NCC(F)(F)F)n2)c1. The molecule has 0 aliphatic rings. The Labute approximate surface area is 142 Å². The van der Waals surface area contributed by atoms with Gasteiger partial charge in [0.25, 0.3) is 0 Å². The summed E-state index contributed by atoms with van der Waals surface area (Å²) >= 11 is 0. The molecule has 0 spiro atoms. The lowest BCUT2D eigenvalue weighted by Gasteiger charge is -2.14. The number of alkyl halides is 3. The molecule has 0 aromatic carbocycles. The lowest BCUT2D eigenvalue weighted by atomic mass is 10.1. The van der Waals surface area contributed by atoms with E-state index < -0.39 is 12.7 Å². The minimum atomic E-state index is -4.34. The summed E-state index contributed by atoms with van der Waals surface area (Å²) in [6.45, 7) is 2.49. The van der Waals surface area contributed by atoms with Gasteiger partial charge in [-0.15, -0.1) is 0 Å². The van der Waals surface area contributed by atoms with Crippen LogP contribution in [0, 0.1) is 13.8 Å². The van der Waals surface area contributed by atoms with Crippen molar-refractivity contribution >= 4 is 28.2 Å². The Morgan fingerprint density at radius 1 is 1.00 bits per heavy atom. The van der Waals surface area contributed by atoms with Gasteiger partial charge in [-0.2, -0.15) is 13.2 Å². The van der Waals surface area contributed by atoms with Gasteiger partial charge in [0.05, 0.1) is 0 Å². The van der Waals surface area contributed by atoms with Crippen molar-refractivity contribution < 1.29 is 13.2 Å². The molecule has 3 rings (SSSR count). The molecule has 0 aliphatic heterocycles. The number of rotatable bonds is 4. The predicted molar refractivity (Wildman–Crippen MR) is 91.1 cm³/mol. The van der Waals surface area contributed by atoms with Crippen molar-refractivity contribution in [1.82, 2.24) is 15.0 Å². The van der Waals surface area contributed by atoms with Crippen molar-refractivity contribution in [2.45, 2.75) is 20.0 Å². The highest BCUT2D eigenvalue weighted by Gasteiger charge is 2.27. The van der Waals surface area contributed by atoms with E-state index in [4.69, 9.17) is 0 Å². The molecule has 8 heteroatoms. The number of halogens is 3. The third-order valence-electron chi connectivity index (χ3n) is 3.56. The normalized spacial score (nSPS) is 11.6. The van der Waals surface area contributed by atoms with E-state index in [-0.39, 0.29) is 5.82 Å². The minimum absolute atomic E-state index is 0.135. The van der Waals surface area contributed by atoms with Gasteiger partial charge in [0.1, 0.15) is 24.0 Å². The molecule has 0 fully saturated rings. The number of hydrogen-bond donors (Lipinski definition) is 2. The predicted octanol–water partition coefficient (Wildman–Crippen LogP) is 4.36. The van der Waals surface area contributed by atoms with Gasteiger partial charge in [-0.3, -0.25) is 4.98 Å². The summed E-state index contributed by atoms with van der Waals surface area (Å²) in [4.78, 5) is 12.6. The number of aromatic nitrogens is 3. The molecule has 130 valence electrons. The molecule has 0 aliphatic carbocycles. The topological polar surface area (TPSA) is 62.7 Å². The molecule has 3 aromatic heterocycles. The number of fused-ring (bicyclic) bond motifs is 1. The van der Waals surface area contributed by atoms with Gasteiger partial charge >= 0.3 is 6.18 Å². The minimum Gasteiger partial charge on any atom is -0.361 e. The summed E-state index contributed by atoms with van der Waals surface area (Å²) in [5, 5.41) is 6.70. The maximum atomic E-state index is 12.6. The summed E-state index contributed by atoms with van der Waals surface area (Å²) in [7, 11) is 0. The molecule has 0 radical (unpaired) electrons. The van der Waals surface area contributed by atoms with E-state index in [2.05, 4.69) is 25.6 Å². The number of anilines is 3. The molecule has 0 atom stereocenters. The summed E-state index contributed by atoms with van der Waals surface area (Å²) in [5.41, 5.74) is 1.61. The van der Waals surface area contributed by atoms with Crippen LogP contribution in [0.3, 0.4) is 0 Å². The quantitative estimate of drug-likeness (QED) is 0.734. The number of nitrogens with zero attached hydrogens (tertiary/aromatic N) is 3. The Hall–Kier alpha value is -2.90. The highest BCUT2D eigenvalue weighted by atomic mass is 19.4. The van der Waals surface area contributed by atoms with E-state index in [1.54, 1.807) is 31.5 Å². The van der Waals surface area contributed by atoms with Crippen LogP contribution in [-0.4, -0.2) is 27.7 Å². The lowest BCUT2D eigenvalue weighted by Crippen LogP contribution is -2.22. The zero-order valence-electron chi connectivity index (χ0n) is 13.6. The maximum absolute atomic E-state index is 12.6. The third kappa shape index (κ3) is 4.14. The molecule has 0 saturated heterocycles. The molecule has 5 nitrogen and oxygen atoms in total. The molecule has 0 unspecified atom stereocenters. The maximum Gasteiger partial charge on any atom is 0.405 e. The first kappa shape index (κ1) is 16.9. The second kappa shape index (κ2) is 6.54. The first-order valence-corrected chi connectivity index (χ1v) is 7.58. The Bertz CT molecular complexity index is 908. The number of hydrogen-bond acceptors (Lipinski definition) is 5. The van der Waals surface area contributed by atoms with E-state index in [0.29, 0.717) is 22.7 Å². The average Bonchev–Trinajstić information content (AvgIpc) is 2.52. The second-order valence-electron chi connectivity index (χ2n) is 5.66. The highest BCUT2D eigenvalue weighted by Crippen LogP contribution is 2.29. The molecular formula is C17H16F3N5. The standard InChI is InChI=1S/C17H16F3N5/c1-10-3-5-22-13(7-10)24-14-8-12-4-6-21-11(2)15(12)16(25-14)23-9-17(18,19)20/h3-8H,9H2,1-2H3,(H2,22,23,24,25). The monoisotopic (exact) mass is 347 g/mol. The van der Waals surface area contributed by atoms with Crippen LogP contribution in [0.15, 0.2) is 36.7 Å². The Kier molecular flexibility index (Phi) is 4.43. The van der Waals surface area contributed by atoms with Gasteiger partial charge in [0.15, 0.2) is 0 Å². The molecule has 0 bridgehead atoms. The van der Waals surface area contributed by atoms with Crippen molar-refractivity contribution in [3.05, 3.63) is 47.9 Å². The van der Waals surface area contributed by atoms with Crippen LogP contribution >= 0.6 is 0 Å². The highest BCUT2D eigenvalue weighted by molar-refractivity contribution is 5.95. The lowest BCUT2D eigenvalue weighted by molar-refractivity contribution is -0.115. The van der Waals surface area contributed by atoms with Crippen molar-refractivity contribution in [3.63, 3.8) is 0 Å². The van der Waals surface area contributed by atoms with Gasteiger partial charge in [-0.25, -0.2) is 9.97 Å².